The van der Waals surface area contributed by atoms with Gasteiger partial charge in [-0.25, -0.2) is 13.9 Å². The first kappa shape index (κ1) is 22.2. The number of ether oxygens (including phenoxy) is 1. The number of nitrogens with zero attached hydrogens (tertiary/aromatic N) is 3. The fourth-order valence-electron chi connectivity index (χ4n) is 3.17. The van der Waals surface area contributed by atoms with Gasteiger partial charge in [-0.2, -0.15) is 0 Å². The van der Waals surface area contributed by atoms with Crippen molar-refractivity contribution in [2.24, 2.45) is 0 Å². The summed E-state index contributed by atoms with van der Waals surface area (Å²) < 4.78 is 33.8. The van der Waals surface area contributed by atoms with E-state index in [9.17, 15) is 4.79 Å². The van der Waals surface area contributed by atoms with Gasteiger partial charge in [0.25, 0.3) is 0 Å². The molecular weight excluding hydrogens is 388 g/mol. The first-order valence-electron chi connectivity index (χ1n) is 9.75. The molecule has 0 amide bonds. The third-order valence-electron chi connectivity index (χ3n) is 5.72. The quantitative estimate of drug-likeness (QED) is 0.548. The monoisotopic (exact) mass is 415 g/mol. The van der Waals surface area contributed by atoms with Gasteiger partial charge in [-0.15, -0.1) is 5.10 Å². The van der Waals surface area contributed by atoms with Crippen LogP contribution in [0.3, 0.4) is 0 Å². The topological polar surface area (TPSA) is 75.5 Å². The predicted molar refractivity (Wildman–Crippen MR) is 111 cm³/mol. The lowest BCUT2D eigenvalue weighted by Crippen LogP contribution is -2.41. The Morgan fingerprint density at radius 1 is 1.20 bits per heavy atom. The molecule has 0 saturated carbocycles. The highest BCUT2D eigenvalue weighted by molar-refractivity contribution is 6.55. The van der Waals surface area contributed by atoms with E-state index in [1.54, 1.807) is 0 Å². The van der Waals surface area contributed by atoms with Crippen LogP contribution in [0.25, 0.3) is 5.57 Å². The van der Waals surface area contributed by atoms with Crippen molar-refractivity contribution in [3.8, 4) is 0 Å². The number of carbonyl (C=O) groups is 1. The Balaban J connectivity index is 2.06. The zero-order valence-corrected chi connectivity index (χ0v) is 18.4. The van der Waals surface area contributed by atoms with E-state index in [1.165, 1.54) is 18.0 Å². The average Bonchev–Trinajstić information content (AvgIpc) is 3.22. The standard InChI is InChI=1S/C21H27BFN3O4/c1-13-8-9-14(2)15(10-13)16(11-26-12-17(24-25-26)19(27)28-7)18(23)22-29-20(3,4)21(5,6)30-22/h8-10,12H,11H2,1-7H3. The normalized spacial score (nSPS) is 18.3. The van der Waals surface area contributed by atoms with Crippen LogP contribution in [0.15, 0.2) is 30.1 Å². The van der Waals surface area contributed by atoms with E-state index in [-0.39, 0.29) is 12.2 Å². The van der Waals surface area contributed by atoms with E-state index in [2.05, 4.69) is 15.0 Å². The van der Waals surface area contributed by atoms with Crippen LogP contribution < -0.4 is 0 Å². The van der Waals surface area contributed by atoms with Gasteiger partial charge < -0.3 is 14.0 Å². The molecule has 0 unspecified atom stereocenters. The van der Waals surface area contributed by atoms with E-state index in [0.717, 1.165) is 16.7 Å². The molecule has 2 aromatic rings. The van der Waals surface area contributed by atoms with Crippen molar-refractivity contribution < 1.29 is 23.2 Å². The van der Waals surface area contributed by atoms with Crippen molar-refractivity contribution >= 4 is 18.7 Å². The van der Waals surface area contributed by atoms with Crippen molar-refractivity contribution in [3.05, 3.63) is 52.5 Å². The minimum atomic E-state index is -1.14. The largest absolute Gasteiger partial charge is 0.525 e. The number of esters is 1. The molecule has 9 heteroatoms. The number of aryl methyl sites for hydroxylation is 2. The van der Waals surface area contributed by atoms with Crippen molar-refractivity contribution in [3.63, 3.8) is 0 Å². The van der Waals surface area contributed by atoms with Gasteiger partial charge in [0.2, 0.25) is 0 Å². The van der Waals surface area contributed by atoms with Gasteiger partial charge >= 0.3 is 13.1 Å². The van der Waals surface area contributed by atoms with Gasteiger partial charge in [-0.3, -0.25) is 0 Å². The Kier molecular flexibility index (Phi) is 5.88. The number of aromatic nitrogens is 3. The predicted octanol–water partition coefficient (Wildman–Crippen LogP) is 3.69. The highest BCUT2D eigenvalue weighted by Crippen LogP contribution is 2.40. The zero-order chi connectivity index (χ0) is 22.3. The molecule has 1 aromatic heterocycles. The number of rotatable bonds is 5. The van der Waals surface area contributed by atoms with E-state index in [4.69, 9.17) is 9.31 Å². The number of carbonyl (C=O) groups excluding carboxylic acids is 1. The molecule has 0 spiro atoms. The smallest absolute Gasteiger partial charge is 0.464 e. The number of benzene rings is 1. The maximum atomic E-state index is 15.9. The van der Waals surface area contributed by atoms with E-state index >= 15 is 4.39 Å². The Labute approximate surface area is 176 Å². The van der Waals surface area contributed by atoms with Crippen molar-refractivity contribution in [2.45, 2.75) is 59.3 Å². The summed E-state index contributed by atoms with van der Waals surface area (Å²) in [5.41, 5.74) is 1.14. The third-order valence-corrected chi connectivity index (χ3v) is 5.72. The molecular formula is C21H27BFN3O4. The van der Waals surface area contributed by atoms with Crippen LogP contribution >= 0.6 is 0 Å². The minimum Gasteiger partial charge on any atom is -0.464 e. The van der Waals surface area contributed by atoms with E-state index in [1.807, 2.05) is 59.7 Å². The zero-order valence-electron chi connectivity index (χ0n) is 18.4. The average molecular weight is 415 g/mol. The van der Waals surface area contributed by atoms with E-state index in [0.29, 0.717) is 5.57 Å². The fraction of sp³-hybridized carbons (Fsp3) is 0.476. The molecule has 0 bridgehead atoms. The molecule has 7 nitrogen and oxygen atoms in total. The summed E-state index contributed by atoms with van der Waals surface area (Å²) in [6.45, 7) is 11.4. The van der Waals surface area contributed by atoms with Gasteiger partial charge in [-0.1, -0.05) is 29.0 Å². The van der Waals surface area contributed by atoms with Gasteiger partial charge in [0.15, 0.2) is 5.69 Å². The summed E-state index contributed by atoms with van der Waals surface area (Å²) in [6.07, 6.45) is 1.43. The maximum absolute atomic E-state index is 15.9. The number of hydrogen-bond donors (Lipinski definition) is 0. The summed E-state index contributed by atoms with van der Waals surface area (Å²) in [5, 5.41) is 7.76. The van der Waals surface area contributed by atoms with Crippen LogP contribution in [0.1, 0.15) is 54.9 Å². The number of allylic oxidation sites excluding steroid dienone is 1. The molecule has 1 saturated heterocycles. The van der Waals surface area contributed by atoms with Gasteiger partial charge in [0.05, 0.1) is 31.1 Å². The first-order valence-corrected chi connectivity index (χ1v) is 9.75. The van der Waals surface area contributed by atoms with Gasteiger partial charge in [-0.05, 0) is 52.7 Å². The molecule has 3 rings (SSSR count). The lowest BCUT2D eigenvalue weighted by atomic mass is 9.81. The SMILES string of the molecule is COC(=O)c1cn(CC(=C(F)B2OC(C)(C)C(C)(C)O2)c2cc(C)ccc2C)nn1. The van der Waals surface area contributed by atoms with Crippen LogP contribution in [-0.4, -0.2) is 46.4 Å². The molecule has 2 heterocycles. The summed E-state index contributed by atoms with van der Waals surface area (Å²) >= 11 is 0. The second kappa shape index (κ2) is 7.96. The number of hydrogen-bond acceptors (Lipinski definition) is 6. The summed E-state index contributed by atoms with van der Waals surface area (Å²) in [6, 6.07) is 5.81. The van der Waals surface area contributed by atoms with Crippen LogP contribution in [-0.2, 0) is 20.6 Å². The van der Waals surface area contributed by atoms with Gasteiger partial charge in [0, 0.05) is 5.57 Å². The molecule has 30 heavy (non-hydrogen) atoms. The first-order chi connectivity index (χ1) is 13.9. The third kappa shape index (κ3) is 4.18. The summed E-state index contributed by atoms with van der Waals surface area (Å²) in [4.78, 5) is 11.7. The summed E-state index contributed by atoms with van der Waals surface area (Å²) in [7, 11) is 0.120. The van der Waals surface area contributed by atoms with Crippen LogP contribution in [0.4, 0.5) is 4.39 Å². The maximum Gasteiger partial charge on any atom is 0.525 e. The summed E-state index contributed by atoms with van der Waals surface area (Å²) in [5.74, 6) is -0.607. The number of methoxy groups -OCH3 is 1. The minimum absolute atomic E-state index is 0.0458. The Hall–Kier alpha value is -2.52. The molecule has 1 aromatic carbocycles. The van der Waals surface area contributed by atoms with Crippen LogP contribution in [0.2, 0.25) is 0 Å². The molecule has 0 N–H and O–H groups in total. The lowest BCUT2D eigenvalue weighted by Gasteiger charge is -2.32. The van der Waals surface area contributed by atoms with Crippen LogP contribution in [0.5, 0.6) is 0 Å². The molecule has 1 aliphatic rings. The Bertz CT molecular complexity index is 984. The molecule has 0 aliphatic carbocycles. The Morgan fingerprint density at radius 3 is 2.43 bits per heavy atom. The molecule has 1 fully saturated rings. The lowest BCUT2D eigenvalue weighted by molar-refractivity contribution is 0.00578. The molecule has 0 radical (unpaired) electrons. The second-order valence-corrected chi connectivity index (χ2v) is 8.53. The second-order valence-electron chi connectivity index (χ2n) is 8.53. The van der Waals surface area contributed by atoms with Gasteiger partial charge in [0.1, 0.15) is 5.73 Å². The Morgan fingerprint density at radius 2 is 1.83 bits per heavy atom. The highest BCUT2D eigenvalue weighted by atomic mass is 19.1. The highest BCUT2D eigenvalue weighted by Gasteiger charge is 2.53. The van der Waals surface area contributed by atoms with Crippen LogP contribution in [0, 0.1) is 13.8 Å². The van der Waals surface area contributed by atoms with E-state index < -0.39 is 30.0 Å². The van der Waals surface area contributed by atoms with Crippen molar-refractivity contribution in [1.82, 2.24) is 15.0 Å². The van der Waals surface area contributed by atoms with Crippen molar-refractivity contribution in [1.29, 1.82) is 0 Å². The molecule has 160 valence electrons. The molecule has 1 aliphatic heterocycles. The molecule has 0 atom stereocenters. The van der Waals surface area contributed by atoms with Crippen molar-refractivity contribution in [2.75, 3.05) is 7.11 Å². The fourth-order valence-corrected chi connectivity index (χ4v) is 3.17. The number of halogens is 1.